The molecule has 5 heteroatoms. The molecule has 0 aliphatic heterocycles. The van der Waals surface area contributed by atoms with Crippen LogP contribution in [-0.2, 0) is 27.3 Å². The zero-order valence-corrected chi connectivity index (χ0v) is 12.1. The number of halogens is 1. The predicted octanol–water partition coefficient (Wildman–Crippen LogP) is 2.22. The summed E-state index contributed by atoms with van der Waals surface area (Å²) in [5.74, 6) is -0.898. The third-order valence-corrected chi connectivity index (χ3v) is 2.69. The van der Waals surface area contributed by atoms with E-state index in [2.05, 4.69) is 0 Å². The van der Waals surface area contributed by atoms with E-state index in [0.717, 1.165) is 0 Å². The van der Waals surface area contributed by atoms with Crippen molar-refractivity contribution in [3.8, 4) is 0 Å². The Morgan fingerprint density at radius 2 is 2.10 bits per heavy atom. The first-order valence-corrected chi connectivity index (χ1v) is 6.68. The maximum absolute atomic E-state index is 13.3. The number of carbonyl (C=O) groups excluding carboxylic acids is 1. The van der Waals surface area contributed by atoms with E-state index in [4.69, 9.17) is 14.6 Å². The van der Waals surface area contributed by atoms with E-state index in [1.807, 2.05) is 13.8 Å². The van der Waals surface area contributed by atoms with Crippen LogP contribution in [0.5, 0.6) is 0 Å². The van der Waals surface area contributed by atoms with Crippen LogP contribution >= 0.6 is 0 Å². The zero-order chi connectivity index (χ0) is 15.1. The standard InChI is InChI=1S/C15H21FO4/c1-4-19-15(18)14(20-10(2)3)8-11-5-6-13(16)12(7-11)9-17/h5-7,10,14,17H,4,8-9H2,1-3H3. The molecule has 1 aromatic rings. The highest BCUT2D eigenvalue weighted by Crippen LogP contribution is 2.15. The van der Waals surface area contributed by atoms with Crippen LogP contribution in [-0.4, -0.2) is 29.9 Å². The smallest absolute Gasteiger partial charge is 0.335 e. The second-order valence-electron chi connectivity index (χ2n) is 4.71. The molecule has 0 saturated carbocycles. The summed E-state index contributed by atoms with van der Waals surface area (Å²) in [4.78, 5) is 11.8. The third-order valence-electron chi connectivity index (χ3n) is 2.69. The number of ether oxygens (including phenoxy) is 2. The number of rotatable bonds is 7. The first-order chi connectivity index (χ1) is 9.47. The molecule has 0 amide bonds. The Morgan fingerprint density at radius 3 is 2.65 bits per heavy atom. The highest BCUT2D eigenvalue weighted by Gasteiger charge is 2.22. The van der Waals surface area contributed by atoms with E-state index in [-0.39, 0.29) is 31.3 Å². The number of hydrogen-bond donors (Lipinski definition) is 1. The number of esters is 1. The highest BCUT2D eigenvalue weighted by atomic mass is 19.1. The van der Waals surface area contributed by atoms with Crippen LogP contribution in [0.15, 0.2) is 18.2 Å². The molecule has 4 nitrogen and oxygen atoms in total. The molecule has 1 atom stereocenters. The molecule has 0 aliphatic rings. The van der Waals surface area contributed by atoms with Gasteiger partial charge in [0, 0.05) is 12.0 Å². The van der Waals surface area contributed by atoms with Crippen LogP contribution in [0.4, 0.5) is 4.39 Å². The molecule has 1 aromatic carbocycles. The molecule has 112 valence electrons. The molecule has 0 spiro atoms. The predicted molar refractivity (Wildman–Crippen MR) is 72.7 cm³/mol. The van der Waals surface area contributed by atoms with Crippen LogP contribution in [0.2, 0.25) is 0 Å². The van der Waals surface area contributed by atoms with Gasteiger partial charge in [0.1, 0.15) is 5.82 Å². The second kappa shape index (κ2) is 7.97. The van der Waals surface area contributed by atoms with Crippen LogP contribution in [0, 0.1) is 5.82 Å². The van der Waals surface area contributed by atoms with Crippen molar-refractivity contribution in [2.24, 2.45) is 0 Å². The molecule has 0 fully saturated rings. The lowest BCUT2D eigenvalue weighted by atomic mass is 10.0. The number of aliphatic hydroxyl groups excluding tert-OH is 1. The Bertz CT molecular complexity index is 445. The minimum atomic E-state index is -0.730. The molecule has 0 radical (unpaired) electrons. The van der Waals surface area contributed by atoms with Crippen molar-refractivity contribution in [2.75, 3.05) is 6.61 Å². The zero-order valence-electron chi connectivity index (χ0n) is 12.1. The summed E-state index contributed by atoms with van der Waals surface area (Å²) >= 11 is 0. The van der Waals surface area contributed by atoms with E-state index in [0.29, 0.717) is 5.56 Å². The summed E-state index contributed by atoms with van der Waals surface area (Å²) in [7, 11) is 0. The average Bonchev–Trinajstić information content (AvgIpc) is 2.39. The normalized spacial score (nSPS) is 12.5. The van der Waals surface area contributed by atoms with E-state index in [9.17, 15) is 9.18 Å². The number of carbonyl (C=O) groups is 1. The van der Waals surface area contributed by atoms with Crippen molar-refractivity contribution in [2.45, 2.75) is 46.0 Å². The van der Waals surface area contributed by atoms with Gasteiger partial charge in [-0.1, -0.05) is 12.1 Å². The van der Waals surface area contributed by atoms with E-state index < -0.39 is 17.9 Å². The van der Waals surface area contributed by atoms with Gasteiger partial charge in [0.2, 0.25) is 0 Å². The molecular weight excluding hydrogens is 263 g/mol. The van der Waals surface area contributed by atoms with E-state index in [1.54, 1.807) is 13.0 Å². The molecule has 1 N–H and O–H groups in total. The van der Waals surface area contributed by atoms with Gasteiger partial charge in [0.25, 0.3) is 0 Å². The number of aliphatic hydroxyl groups is 1. The SMILES string of the molecule is CCOC(=O)C(Cc1ccc(F)c(CO)c1)OC(C)C. The highest BCUT2D eigenvalue weighted by molar-refractivity contribution is 5.75. The fourth-order valence-electron chi connectivity index (χ4n) is 1.84. The van der Waals surface area contributed by atoms with Gasteiger partial charge >= 0.3 is 5.97 Å². The summed E-state index contributed by atoms with van der Waals surface area (Å²) in [5.41, 5.74) is 0.920. The Hall–Kier alpha value is -1.46. The van der Waals surface area contributed by atoms with E-state index in [1.165, 1.54) is 12.1 Å². The molecule has 0 saturated heterocycles. The number of benzene rings is 1. The second-order valence-corrected chi connectivity index (χ2v) is 4.71. The molecule has 0 bridgehead atoms. The Kier molecular flexibility index (Phi) is 6.61. The lowest BCUT2D eigenvalue weighted by Crippen LogP contribution is -2.31. The van der Waals surface area contributed by atoms with Crippen LogP contribution in [0.25, 0.3) is 0 Å². The molecule has 0 heterocycles. The van der Waals surface area contributed by atoms with Gasteiger partial charge in [-0.15, -0.1) is 0 Å². The Morgan fingerprint density at radius 1 is 1.40 bits per heavy atom. The molecule has 1 rings (SSSR count). The monoisotopic (exact) mass is 284 g/mol. The fraction of sp³-hybridized carbons (Fsp3) is 0.533. The van der Waals surface area contributed by atoms with Gasteiger partial charge in [-0.25, -0.2) is 9.18 Å². The summed E-state index contributed by atoms with van der Waals surface area (Å²) in [6.45, 7) is 5.29. The van der Waals surface area contributed by atoms with Gasteiger partial charge in [-0.05, 0) is 32.4 Å². The van der Waals surface area contributed by atoms with E-state index >= 15 is 0 Å². The molecule has 20 heavy (non-hydrogen) atoms. The molecule has 0 aromatic heterocycles. The summed E-state index contributed by atoms with van der Waals surface area (Å²) in [6.07, 6.45) is -0.571. The van der Waals surface area contributed by atoms with Crippen LogP contribution in [0.3, 0.4) is 0 Å². The molecule has 0 aliphatic carbocycles. The summed E-state index contributed by atoms with van der Waals surface area (Å²) in [6, 6.07) is 4.38. The molecular formula is C15H21FO4. The van der Waals surface area contributed by atoms with Crippen molar-refractivity contribution in [1.82, 2.24) is 0 Å². The summed E-state index contributed by atoms with van der Waals surface area (Å²) < 4.78 is 23.8. The van der Waals surface area contributed by atoms with Crippen LogP contribution in [0.1, 0.15) is 31.9 Å². The Balaban J connectivity index is 2.85. The minimum Gasteiger partial charge on any atom is -0.464 e. The van der Waals surface area contributed by atoms with Crippen molar-refractivity contribution in [3.05, 3.63) is 35.1 Å². The van der Waals surface area contributed by atoms with Crippen molar-refractivity contribution < 1.29 is 23.8 Å². The van der Waals surface area contributed by atoms with Gasteiger partial charge in [-0.3, -0.25) is 0 Å². The lowest BCUT2D eigenvalue weighted by molar-refractivity contribution is -0.159. The number of hydrogen-bond acceptors (Lipinski definition) is 4. The Labute approximate surface area is 118 Å². The molecule has 1 unspecified atom stereocenters. The van der Waals surface area contributed by atoms with Crippen molar-refractivity contribution in [3.63, 3.8) is 0 Å². The van der Waals surface area contributed by atoms with Crippen molar-refractivity contribution >= 4 is 5.97 Å². The summed E-state index contributed by atoms with van der Waals surface area (Å²) in [5, 5.41) is 9.05. The minimum absolute atomic E-state index is 0.123. The van der Waals surface area contributed by atoms with Crippen LogP contribution < -0.4 is 0 Å². The van der Waals surface area contributed by atoms with Gasteiger partial charge in [0.05, 0.1) is 19.3 Å². The lowest BCUT2D eigenvalue weighted by Gasteiger charge is -2.19. The maximum atomic E-state index is 13.3. The van der Waals surface area contributed by atoms with Crippen molar-refractivity contribution in [1.29, 1.82) is 0 Å². The largest absolute Gasteiger partial charge is 0.464 e. The van der Waals surface area contributed by atoms with Gasteiger partial charge in [0.15, 0.2) is 6.10 Å². The van der Waals surface area contributed by atoms with Gasteiger partial charge in [-0.2, -0.15) is 0 Å². The third kappa shape index (κ3) is 4.90. The first-order valence-electron chi connectivity index (χ1n) is 6.68. The fourth-order valence-corrected chi connectivity index (χ4v) is 1.84. The average molecular weight is 284 g/mol. The maximum Gasteiger partial charge on any atom is 0.335 e. The topological polar surface area (TPSA) is 55.8 Å². The first kappa shape index (κ1) is 16.6. The van der Waals surface area contributed by atoms with Gasteiger partial charge < -0.3 is 14.6 Å². The quantitative estimate of drug-likeness (QED) is 0.780.